The summed E-state index contributed by atoms with van der Waals surface area (Å²) >= 11 is 3.40. The monoisotopic (exact) mass is 320 g/mol. The summed E-state index contributed by atoms with van der Waals surface area (Å²) in [6.45, 7) is 4.89. The summed E-state index contributed by atoms with van der Waals surface area (Å²) in [5.74, 6) is -0.0863. The molecular weight excluding hydrogens is 304 g/mol. The lowest BCUT2D eigenvalue weighted by Crippen LogP contribution is -2.16. The molecule has 0 saturated carbocycles. The van der Waals surface area contributed by atoms with Crippen molar-refractivity contribution in [1.29, 1.82) is 0 Å². The van der Waals surface area contributed by atoms with E-state index in [0.29, 0.717) is 5.69 Å². The van der Waals surface area contributed by atoms with E-state index in [-0.39, 0.29) is 5.91 Å². The van der Waals surface area contributed by atoms with Crippen molar-refractivity contribution in [1.82, 2.24) is 4.57 Å². The summed E-state index contributed by atoms with van der Waals surface area (Å²) < 4.78 is 2.83. The maximum Gasteiger partial charge on any atom is 0.272 e. The van der Waals surface area contributed by atoms with Gasteiger partial charge in [0.25, 0.3) is 5.91 Å². The molecule has 4 heteroatoms. The summed E-state index contributed by atoms with van der Waals surface area (Å²) in [6, 6.07) is 9.77. The lowest BCUT2D eigenvalue weighted by Gasteiger charge is -2.08. The number of nitrogens with zero attached hydrogens (tertiary/aromatic N) is 1. The molecule has 0 bridgehead atoms. The van der Waals surface area contributed by atoms with Gasteiger partial charge in [-0.3, -0.25) is 4.79 Å². The highest BCUT2D eigenvalue weighted by atomic mass is 79.9. The van der Waals surface area contributed by atoms with Gasteiger partial charge in [-0.1, -0.05) is 19.1 Å². The molecular formula is C15H17BrN2O. The molecule has 1 N–H and O–H groups in total. The minimum absolute atomic E-state index is 0.0863. The highest BCUT2D eigenvalue weighted by Crippen LogP contribution is 2.17. The molecule has 0 aliphatic heterocycles. The molecule has 2 rings (SSSR count). The number of amides is 1. The van der Waals surface area contributed by atoms with Crippen LogP contribution in [0.5, 0.6) is 0 Å². The van der Waals surface area contributed by atoms with Gasteiger partial charge in [0.2, 0.25) is 0 Å². The number of nitrogens with one attached hydrogen (secondary N) is 1. The Morgan fingerprint density at radius 2 is 1.95 bits per heavy atom. The second kappa shape index (κ2) is 6.06. The molecule has 0 atom stereocenters. The first-order chi connectivity index (χ1) is 9.13. The molecule has 0 radical (unpaired) electrons. The van der Waals surface area contributed by atoms with Gasteiger partial charge in [0, 0.05) is 22.9 Å². The SMILES string of the molecule is CCc1ccc(NC(=O)c2cc(Br)cn2CC)cc1. The Labute approximate surface area is 121 Å². The highest BCUT2D eigenvalue weighted by molar-refractivity contribution is 9.10. The van der Waals surface area contributed by atoms with Crippen LogP contribution < -0.4 is 5.32 Å². The van der Waals surface area contributed by atoms with Gasteiger partial charge in [-0.25, -0.2) is 0 Å². The summed E-state index contributed by atoms with van der Waals surface area (Å²) in [6.07, 6.45) is 2.91. The van der Waals surface area contributed by atoms with E-state index in [1.165, 1.54) is 5.56 Å². The maximum absolute atomic E-state index is 12.2. The minimum atomic E-state index is -0.0863. The Morgan fingerprint density at radius 1 is 1.26 bits per heavy atom. The number of anilines is 1. The molecule has 3 nitrogen and oxygen atoms in total. The summed E-state index contributed by atoms with van der Waals surface area (Å²) in [7, 11) is 0. The molecule has 1 amide bonds. The second-order valence-corrected chi connectivity index (χ2v) is 5.25. The smallest absolute Gasteiger partial charge is 0.272 e. The van der Waals surface area contributed by atoms with Crippen molar-refractivity contribution in [2.24, 2.45) is 0 Å². The molecule has 0 saturated heterocycles. The van der Waals surface area contributed by atoms with E-state index in [4.69, 9.17) is 0 Å². The van der Waals surface area contributed by atoms with Gasteiger partial charge in [0.1, 0.15) is 5.69 Å². The molecule has 2 aromatic rings. The van der Waals surface area contributed by atoms with Gasteiger partial charge in [0.15, 0.2) is 0 Å². The first-order valence-corrected chi connectivity index (χ1v) is 7.19. The predicted octanol–water partition coefficient (Wildman–Crippen LogP) is 4.09. The number of carbonyl (C=O) groups excluding carboxylic acids is 1. The number of halogens is 1. The number of aryl methyl sites for hydroxylation is 2. The van der Waals surface area contributed by atoms with E-state index in [2.05, 4.69) is 28.2 Å². The number of hydrogen-bond acceptors (Lipinski definition) is 1. The van der Waals surface area contributed by atoms with Crippen LogP contribution in [-0.2, 0) is 13.0 Å². The van der Waals surface area contributed by atoms with E-state index < -0.39 is 0 Å². The van der Waals surface area contributed by atoms with Crippen LogP contribution in [0, 0.1) is 0 Å². The van der Waals surface area contributed by atoms with Crippen molar-refractivity contribution >= 4 is 27.5 Å². The van der Waals surface area contributed by atoms with Crippen molar-refractivity contribution in [2.45, 2.75) is 26.8 Å². The molecule has 0 aliphatic carbocycles. The molecule has 100 valence electrons. The summed E-state index contributed by atoms with van der Waals surface area (Å²) in [4.78, 5) is 12.2. The third-order valence-corrected chi connectivity index (χ3v) is 3.49. The van der Waals surface area contributed by atoms with E-state index in [0.717, 1.165) is 23.1 Å². The Balaban J connectivity index is 2.15. The number of hydrogen-bond donors (Lipinski definition) is 1. The fraction of sp³-hybridized carbons (Fsp3) is 0.267. The Bertz CT molecular complexity index is 572. The third-order valence-electron chi connectivity index (χ3n) is 3.06. The molecule has 0 fully saturated rings. The standard InChI is InChI=1S/C15H17BrN2O/c1-3-11-5-7-13(8-6-11)17-15(19)14-9-12(16)10-18(14)4-2/h5-10H,3-4H2,1-2H3,(H,17,19). The van der Waals surface area contributed by atoms with Gasteiger partial charge >= 0.3 is 0 Å². The number of carbonyl (C=O) groups is 1. The van der Waals surface area contributed by atoms with E-state index >= 15 is 0 Å². The van der Waals surface area contributed by atoms with Crippen LogP contribution in [0.1, 0.15) is 29.9 Å². The number of aromatic nitrogens is 1. The normalized spacial score (nSPS) is 10.5. The zero-order valence-electron chi connectivity index (χ0n) is 11.1. The summed E-state index contributed by atoms with van der Waals surface area (Å²) in [5, 5.41) is 2.92. The molecule has 0 aliphatic rings. The molecule has 1 aromatic carbocycles. The van der Waals surface area contributed by atoms with Gasteiger partial charge in [-0.15, -0.1) is 0 Å². The van der Waals surface area contributed by atoms with Crippen LogP contribution in [0.25, 0.3) is 0 Å². The molecule has 1 heterocycles. The largest absolute Gasteiger partial charge is 0.343 e. The van der Waals surface area contributed by atoms with Gasteiger partial charge in [-0.2, -0.15) is 0 Å². The second-order valence-electron chi connectivity index (χ2n) is 4.33. The Morgan fingerprint density at radius 3 is 2.53 bits per heavy atom. The van der Waals surface area contributed by atoms with Crippen molar-refractivity contribution in [3.8, 4) is 0 Å². The topological polar surface area (TPSA) is 34.0 Å². The molecule has 1 aromatic heterocycles. The van der Waals surface area contributed by atoms with Gasteiger partial charge in [0.05, 0.1) is 0 Å². The fourth-order valence-electron chi connectivity index (χ4n) is 1.95. The van der Waals surface area contributed by atoms with Crippen molar-refractivity contribution < 1.29 is 4.79 Å². The minimum Gasteiger partial charge on any atom is -0.343 e. The van der Waals surface area contributed by atoms with Gasteiger partial charge < -0.3 is 9.88 Å². The zero-order valence-corrected chi connectivity index (χ0v) is 12.7. The quantitative estimate of drug-likeness (QED) is 0.904. The van der Waals surface area contributed by atoms with Crippen LogP contribution in [0.15, 0.2) is 41.0 Å². The average Bonchev–Trinajstić information content (AvgIpc) is 2.81. The lowest BCUT2D eigenvalue weighted by molar-refractivity contribution is 0.101. The number of benzene rings is 1. The molecule has 0 unspecified atom stereocenters. The van der Waals surface area contributed by atoms with Crippen molar-refractivity contribution in [3.63, 3.8) is 0 Å². The van der Waals surface area contributed by atoms with Crippen LogP contribution >= 0.6 is 15.9 Å². The molecule has 0 spiro atoms. The third kappa shape index (κ3) is 3.26. The Kier molecular flexibility index (Phi) is 4.43. The molecule has 19 heavy (non-hydrogen) atoms. The fourth-order valence-corrected chi connectivity index (χ4v) is 2.41. The maximum atomic E-state index is 12.2. The van der Waals surface area contributed by atoms with Crippen LogP contribution in [0.2, 0.25) is 0 Å². The van der Waals surface area contributed by atoms with Gasteiger partial charge in [-0.05, 0) is 53.0 Å². The lowest BCUT2D eigenvalue weighted by atomic mass is 10.1. The van der Waals surface area contributed by atoms with Crippen molar-refractivity contribution in [3.05, 3.63) is 52.3 Å². The Hall–Kier alpha value is -1.55. The summed E-state index contributed by atoms with van der Waals surface area (Å²) in [5.41, 5.74) is 2.74. The van der Waals surface area contributed by atoms with E-state index in [1.54, 1.807) is 0 Å². The van der Waals surface area contributed by atoms with Crippen LogP contribution in [0.4, 0.5) is 5.69 Å². The zero-order chi connectivity index (χ0) is 13.8. The highest BCUT2D eigenvalue weighted by Gasteiger charge is 2.12. The van der Waals surface area contributed by atoms with Crippen LogP contribution in [-0.4, -0.2) is 10.5 Å². The van der Waals surface area contributed by atoms with Crippen LogP contribution in [0.3, 0.4) is 0 Å². The van der Waals surface area contributed by atoms with E-state index in [9.17, 15) is 4.79 Å². The van der Waals surface area contributed by atoms with E-state index in [1.807, 2.05) is 48.0 Å². The first-order valence-electron chi connectivity index (χ1n) is 6.40. The average molecular weight is 321 g/mol. The van der Waals surface area contributed by atoms with Crippen molar-refractivity contribution in [2.75, 3.05) is 5.32 Å². The number of rotatable bonds is 4. The predicted molar refractivity (Wildman–Crippen MR) is 81.6 cm³/mol. The first kappa shape index (κ1) is 13.9.